The van der Waals surface area contributed by atoms with E-state index in [0.29, 0.717) is 29.1 Å². The lowest BCUT2D eigenvalue weighted by Crippen LogP contribution is -2.40. The van der Waals surface area contributed by atoms with Gasteiger partial charge in [-0.1, -0.05) is 25.1 Å². The fourth-order valence-corrected chi connectivity index (χ4v) is 4.17. The number of aromatic amines is 1. The molecule has 0 fully saturated rings. The van der Waals surface area contributed by atoms with E-state index < -0.39 is 0 Å². The van der Waals surface area contributed by atoms with Crippen molar-refractivity contribution in [3.05, 3.63) is 62.5 Å². The van der Waals surface area contributed by atoms with Crippen molar-refractivity contribution in [2.75, 3.05) is 6.54 Å². The van der Waals surface area contributed by atoms with Gasteiger partial charge in [-0.15, -0.1) is 11.3 Å². The van der Waals surface area contributed by atoms with Gasteiger partial charge >= 0.3 is 6.03 Å². The van der Waals surface area contributed by atoms with E-state index in [4.69, 9.17) is 0 Å². The quantitative estimate of drug-likeness (QED) is 0.597. The second-order valence-corrected chi connectivity index (χ2v) is 7.85. The van der Waals surface area contributed by atoms with Gasteiger partial charge < -0.3 is 20.5 Å². The van der Waals surface area contributed by atoms with E-state index in [1.54, 1.807) is 4.90 Å². The third-order valence-corrected chi connectivity index (χ3v) is 5.73. The fraction of sp³-hybridized carbons (Fsp3) is 0.350. The molecule has 7 nitrogen and oxygen atoms in total. The van der Waals surface area contributed by atoms with Gasteiger partial charge in [-0.05, 0) is 34.6 Å². The summed E-state index contributed by atoms with van der Waals surface area (Å²) in [5.74, 6) is 0.503. The third kappa shape index (κ3) is 3.93. The lowest BCUT2D eigenvalue weighted by molar-refractivity contribution is 0.193. The number of carbonyl (C=O) groups is 1. The number of thiophene rings is 1. The molecule has 4 rings (SSSR count). The first-order chi connectivity index (χ1) is 13.6. The highest BCUT2D eigenvalue weighted by atomic mass is 32.1. The van der Waals surface area contributed by atoms with Crippen LogP contribution in [0.25, 0.3) is 10.2 Å². The lowest BCUT2D eigenvalue weighted by Gasteiger charge is -2.22. The van der Waals surface area contributed by atoms with E-state index in [1.807, 2.05) is 18.4 Å². The van der Waals surface area contributed by atoms with Crippen molar-refractivity contribution < 1.29 is 4.79 Å². The monoisotopic (exact) mass is 397 g/mol. The molecule has 3 aromatic rings. The van der Waals surface area contributed by atoms with Gasteiger partial charge in [-0.25, -0.2) is 9.78 Å². The van der Waals surface area contributed by atoms with E-state index in [0.717, 1.165) is 25.1 Å². The number of nitrogens with one attached hydrogen (secondary N) is 3. The zero-order valence-electron chi connectivity index (χ0n) is 15.7. The van der Waals surface area contributed by atoms with Crippen molar-refractivity contribution in [3.8, 4) is 0 Å². The Balaban J connectivity index is 1.44. The van der Waals surface area contributed by atoms with Crippen molar-refractivity contribution in [3.63, 3.8) is 0 Å². The Morgan fingerprint density at radius 3 is 3.00 bits per heavy atom. The summed E-state index contributed by atoms with van der Waals surface area (Å²) in [7, 11) is 0. The van der Waals surface area contributed by atoms with Crippen molar-refractivity contribution in [2.24, 2.45) is 0 Å². The summed E-state index contributed by atoms with van der Waals surface area (Å²) in [4.78, 5) is 33.9. The maximum Gasteiger partial charge on any atom is 0.318 e. The van der Waals surface area contributed by atoms with Gasteiger partial charge in [0.25, 0.3) is 5.56 Å². The highest BCUT2D eigenvalue weighted by molar-refractivity contribution is 7.17. The second kappa shape index (κ2) is 8.12. The van der Waals surface area contributed by atoms with Gasteiger partial charge in [0.15, 0.2) is 0 Å². The van der Waals surface area contributed by atoms with Crippen LogP contribution in [-0.4, -0.2) is 27.4 Å². The molecule has 2 amide bonds. The highest BCUT2D eigenvalue weighted by Gasteiger charge is 2.16. The Bertz CT molecular complexity index is 1060. The van der Waals surface area contributed by atoms with Gasteiger partial charge in [0, 0.05) is 26.2 Å². The number of H-pyrrole nitrogens is 1. The van der Waals surface area contributed by atoms with Crippen LogP contribution in [0.4, 0.5) is 4.79 Å². The average Bonchev–Trinajstić information content (AvgIpc) is 3.34. The maximum atomic E-state index is 12.7. The Labute approximate surface area is 166 Å². The highest BCUT2D eigenvalue weighted by Crippen LogP contribution is 2.17. The molecular weight excluding hydrogens is 374 g/mol. The molecule has 0 atom stereocenters. The number of carbonyl (C=O) groups excluding carboxylic acids is 1. The number of benzene rings is 1. The average molecular weight is 398 g/mol. The van der Waals surface area contributed by atoms with Crippen molar-refractivity contribution in [2.45, 2.75) is 39.5 Å². The number of amides is 2. The Morgan fingerprint density at radius 2 is 2.14 bits per heavy atom. The van der Waals surface area contributed by atoms with E-state index >= 15 is 0 Å². The van der Waals surface area contributed by atoms with Crippen LogP contribution in [-0.2, 0) is 26.2 Å². The first-order valence-corrected chi connectivity index (χ1v) is 10.3. The molecule has 1 aliphatic heterocycles. The summed E-state index contributed by atoms with van der Waals surface area (Å²) in [6, 6.07) is 7.98. The number of hydrogen-bond acceptors (Lipinski definition) is 5. The molecule has 0 saturated heterocycles. The fourth-order valence-electron chi connectivity index (χ4n) is 3.45. The largest absolute Gasteiger partial charge is 0.334 e. The molecule has 1 aromatic carbocycles. The van der Waals surface area contributed by atoms with E-state index in [-0.39, 0.29) is 18.1 Å². The van der Waals surface area contributed by atoms with Crippen LogP contribution in [0.15, 0.2) is 34.4 Å². The number of fused-ring (bicyclic) bond motifs is 2. The van der Waals surface area contributed by atoms with E-state index in [9.17, 15) is 9.59 Å². The molecule has 0 radical (unpaired) electrons. The first kappa shape index (κ1) is 18.6. The summed E-state index contributed by atoms with van der Waals surface area (Å²) in [6.45, 7) is 5.14. The van der Waals surface area contributed by atoms with E-state index in [2.05, 4.69) is 38.8 Å². The van der Waals surface area contributed by atoms with Crippen molar-refractivity contribution in [1.82, 2.24) is 25.5 Å². The SMILES string of the molecule is CCCN(Cc1nc2ccsc2c(=O)[nH]1)C(=O)NCc1ccc2c(c1)CNC2. The number of hydrogen-bond donors (Lipinski definition) is 3. The van der Waals surface area contributed by atoms with E-state index in [1.165, 1.54) is 22.5 Å². The molecule has 3 heterocycles. The Hall–Kier alpha value is -2.71. The predicted molar refractivity (Wildman–Crippen MR) is 110 cm³/mol. The second-order valence-electron chi connectivity index (χ2n) is 6.93. The van der Waals surface area contributed by atoms with Crippen LogP contribution >= 0.6 is 11.3 Å². The van der Waals surface area contributed by atoms with Gasteiger partial charge in [0.2, 0.25) is 0 Å². The molecule has 2 aromatic heterocycles. The molecule has 0 aliphatic carbocycles. The Morgan fingerprint density at radius 1 is 1.29 bits per heavy atom. The molecular formula is C20H23N5O2S. The minimum atomic E-state index is -0.159. The number of nitrogens with zero attached hydrogens (tertiary/aromatic N) is 2. The molecule has 3 N–H and O–H groups in total. The van der Waals surface area contributed by atoms with Crippen LogP contribution in [0.3, 0.4) is 0 Å². The van der Waals surface area contributed by atoms with Crippen LogP contribution in [0.1, 0.15) is 35.9 Å². The smallest absolute Gasteiger partial charge is 0.318 e. The molecule has 146 valence electrons. The van der Waals surface area contributed by atoms with Crippen LogP contribution in [0.5, 0.6) is 0 Å². The lowest BCUT2D eigenvalue weighted by atomic mass is 10.1. The summed E-state index contributed by atoms with van der Waals surface area (Å²) >= 11 is 1.37. The molecule has 1 aliphatic rings. The minimum Gasteiger partial charge on any atom is -0.334 e. The normalized spacial score (nSPS) is 12.9. The summed E-state index contributed by atoms with van der Waals surface area (Å²) < 4.78 is 0.612. The molecule has 0 bridgehead atoms. The molecule has 8 heteroatoms. The van der Waals surface area contributed by atoms with Crippen molar-refractivity contribution in [1.29, 1.82) is 0 Å². The van der Waals surface area contributed by atoms with Crippen molar-refractivity contribution >= 4 is 27.6 Å². The maximum absolute atomic E-state index is 12.7. The van der Waals surface area contributed by atoms with Crippen LogP contribution < -0.4 is 16.2 Å². The third-order valence-electron chi connectivity index (χ3n) is 4.83. The molecule has 0 saturated carbocycles. The minimum absolute atomic E-state index is 0.154. The van der Waals surface area contributed by atoms with Gasteiger partial charge in [0.05, 0.1) is 12.1 Å². The van der Waals surface area contributed by atoms with Crippen LogP contribution in [0, 0.1) is 0 Å². The number of rotatable bonds is 6. The molecule has 0 spiro atoms. The van der Waals surface area contributed by atoms with Crippen LogP contribution in [0.2, 0.25) is 0 Å². The number of aromatic nitrogens is 2. The standard InChI is InChI=1S/C20H23N5O2S/c1-2-6-25(12-17-23-16-5-7-28-18(16)19(26)24-17)20(27)22-9-13-3-4-14-10-21-11-15(14)8-13/h3-5,7-8,21H,2,6,9-12H2,1H3,(H,22,27)(H,23,24,26). The zero-order valence-corrected chi connectivity index (χ0v) is 16.6. The zero-order chi connectivity index (χ0) is 19.5. The van der Waals surface area contributed by atoms with Gasteiger partial charge in [0.1, 0.15) is 10.5 Å². The summed E-state index contributed by atoms with van der Waals surface area (Å²) in [5, 5.41) is 8.16. The predicted octanol–water partition coefficient (Wildman–Crippen LogP) is 2.71. The van der Waals surface area contributed by atoms with Gasteiger partial charge in [-0.2, -0.15) is 0 Å². The first-order valence-electron chi connectivity index (χ1n) is 9.44. The number of urea groups is 1. The summed E-state index contributed by atoms with van der Waals surface area (Å²) in [5.41, 5.74) is 4.22. The Kier molecular flexibility index (Phi) is 5.40. The summed E-state index contributed by atoms with van der Waals surface area (Å²) in [6.07, 6.45) is 0.822. The molecule has 0 unspecified atom stereocenters. The van der Waals surface area contributed by atoms with Gasteiger partial charge in [-0.3, -0.25) is 4.79 Å². The topological polar surface area (TPSA) is 90.1 Å². The molecule has 28 heavy (non-hydrogen) atoms.